The Morgan fingerprint density at radius 3 is 2.74 bits per heavy atom. The number of hydrogen-bond acceptors (Lipinski definition) is 3. The molecule has 4 heteroatoms. The molecule has 0 bridgehead atoms. The minimum Gasteiger partial charge on any atom is -0.390 e. The fraction of sp³-hybridized carbons (Fsp3) is 0.400. The fourth-order valence-corrected chi connectivity index (χ4v) is 2.91. The lowest BCUT2D eigenvalue weighted by Gasteiger charge is -2.11. The van der Waals surface area contributed by atoms with Gasteiger partial charge in [0.05, 0.1) is 12.3 Å². The number of nitrogens with zero attached hydrogens (tertiary/aromatic N) is 1. The molecule has 0 radical (unpaired) electrons. The Morgan fingerprint density at radius 1 is 1.37 bits per heavy atom. The molecule has 0 saturated carbocycles. The molecule has 2 aromatic rings. The molecule has 0 saturated heterocycles. The SMILES string of the molecule is CCc1cccc(CC(C)c2cc(CO)ns2)c1F. The summed E-state index contributed by atoms with van der Waals surface area (Å²) in [5.41, 5.74) is 2.21. The first kappa shape index (κ1) is 14.2. The van der Waals surface area contributed by atoms with Crippen molar-refractivity contribution in [1.29, 1.82) is 0 Å². The van der Waals surface area contributed by atoms with Crippen LogP contribution >= 0.6 is 11.5 Å². The molecule has 102 valence electrons. The first-order valence-corrected chi connectivity index (χ1v) is 7.25. The summed E-state index contributed by atoms with van der Waals surface area (Å²) in [5.74, 6) is 0.128. The average molecular weight is 279 g/mol. The van der Waals surface area contributed by atoms with Gasteiger partial charge in [0.25, 0.3) is 0 Å². The van der Waals surface area contributed by atoms with Crippen LogP contribution in [0.2, 0.25) is 0 Å². The van der Waals surface area contributed by atoms with Crippen LogP contribution in [0.4, 0.5) is 4.39 Å². The van der Waals surface area contributed by atoms with Gasteiger partial charge < -0.3 is 5.11 Å². The molecular weight excluding hydrogens is 261 g/mol. The van der Waals surface area contributed by atoms with Gasteiger partial charge >= 0.3 is 0 Å². The van der Waals surface area contributed by atoms with Crippen molar-refractivity contribution in [3.05, 3.63) is 51.8 Å². The average Bonchev–Trinajstić information content (AvgIpc) is 2.90. The third kappa shape index (κ3) is 3.19. The Hall–Kier alpha value is -1.26. The van der Waals surface area contributed by atoms with E-state index in [-0.39, 0.29) is 18.3 Å². The Morgan fingerprint density at radius 2 is 2.11 bits per heavy atom. The van der Waals surface area contributed by atoms with Crippen molar-refractivity contribution in [2.45, 2.75) is 39.2 Å². The van der Waals surface area contributed by atoms with Crippen molar-refractivity contribution in [2.75, 3.05) is 0 Å². The molecule has 0 aliphatic heterocycles. The lowest BCUT2D eigenvalue weighted by molar-refractivity contribution is 0.278. The molecule has 19 heavy (non-hydrogen) atoms. The van der Waals surface area contributed by atoms with E-state index in [1.807, 2.05) is 31.2 Å². The Labute approximate surface area is 117 Å². The van der Waals surface area contributed by atoms with E-state index in [1.54, 1.807) is 0 Å². The molecule has 1 unspecified atom stereocenters. The highest BCUT2D eigenvalue weighted by Crippen LogP contribution is 2.26. The van der Waals surface area contributed by atoms with Gasteiger partial charge in [0, 0.05) is 4.88 Å². The molecule has 0 amide bonds. The molecule has 1 aromatic heterocycles. The van der Waals surface area contributed by atoms with Crippen molar-refractivity contribution < 1.29 is 9.50 Å². The van der Waals surface area contributed by atoms with Gasteiger partial charge in [0.2, 0.25) is 0 Å². The molecule has 2 rings (SSSR count). The van der Waals surface area contributed by atoms with E-state index in [0.717, 1.165) is 16.0 Å². The van der Waals surface area contributed by atoms with Gasteiger partial charge in [0.1, 0.15) is 5.82 Å². The van der Waals surface area contributed by atoms with E-state index < -0.39 is 0 Å². The molecule has 1 N–H and O–H groups in total. The van der Waals surface area contributed by atoms with Crippen LogP contribution in [0.5, 0.6) is 0 Å². The summed E-state index contributed by atoms with van der Waals surface area (Å²) < 4.78 is 18.3. The number of aliphatic hydroxyl groups excluding tert-OH is 1. The topological polar surface area (TPSA) is 33.1 Å². The first-order chi connectivity index (χ1) is 9.15. The zero-order valence-corrected chi connectivity index (χ0v) is 12.0. The van der Waals surface area contributed by atoms with Crippen LogP contribution in [0.15, 0.2) is 24.3 Å². The Balaban J connectivity index is 2.16. The molecule has 1 atom stereocenters. The number of aryl methyl sites for hydroxylation is 1. The van der Waals surface area contributed by atoms with Crippen LogP contribution < -0.4 is 0 Å². The van der Waals surface area contributed by atoms with Crippen molar-refractivity contribution in [1.82, 2.24) is 4.37 Å². The largest absolute Gasteiger partial charge is 0.390 e. The van der Waals surface area contributed by atoms with E-state index in [9.17, 15) is 4.39 Å². The standard InChI is InChI=1S/C15H18FNOS/c1-3-11-5-4-6-12(15(11)16)7-10(2)14-8-13(9-18)17-19-14/h4-6,8,10,18H,3,7,9H2,1-2H3. The monoisotopic (exact) mass is 279 g/mol. The van der Waals surface area contributed by atoms with Crippen LogP contribution in [-0.2, 0) is 19.4 Å². The van der Waals surface area contributed by atoms with Gasteiger partial charge in [-0.2, -0.15) is 4.37 Å². The molecule has 1 aromatic carbocycles. The summed E-state index contributed by atoms with van der Waals surface area (Å²) in [6, 6.07) is 7.49. The second kappa shape index (κ2) is 6.26. The van der Waals surface area contributed by atoms with Crippen LogP contribution in [0.3, 0.4) is 0 Å². The van der Waals surface area contributed by atoms with Gasteiger partial charge in [-0.1, -0.05) is 32.0 Å². The number of aliphatic hydroxyl groups is 1. The number of halogens is 1. The summed E-state index contributed by atoms with van der Waals surface area (Å²) in [4.78, 5) is 1.09. The van der Waals surface area contributed by atoms with Crippen LogP contribution in [-0.4, -0.2) is 9.48 Å². The highest BCUT2D eigenvalue weighted by molar-refractivity contribution is 7.05. The van der Waals surface area contributed by atoms with E-state index in [1.165, 1.54) is 11.5 Å². The maximum Gasteiger partial charge on any atom is 0.129 e. The van der Waals surface area contributed by atoms with Crippen molar-refractivity contribution >= 4 is 11.5 Å². The van der Waals surface area contributed by atoms with Crippen LogP contribution in [0, 0.1) is 5.82 Å². The molecule has 0 spiro atoms. The summed E-state index contributed by atoms with van der Waals surface area (Å²) in [7, 11) is 0. The van der Waals surface area contributed by atoms with Crippen LogP contribution in [0.1, 0.15) is 41.5 Å². The highest BCUT2D eigenvalue weighted by atomic mass is 32.1. The summed E-state index contributed by atoms with van der Waals surface area (Å²) in [6.45, 7) is 3.98. The molecule has 0 aliphatic rings. The van der Waals surface area contributed by atoms with Crippen LogP contribution in [0.25, 0.3) is 0 Å². The second-order valence-corrected chi connectivity index (χ2v) is 5.56. The lowest BCUT2D eigenvalue weighted by Crippen LogP contribution is -2.01. The van der Waals surface area contributed by atoms with Crippen molar-refractivity contribution in [3.8, 4) is 0 Å². The molecule has 0 aliphatic carbocycles. The first-order valence-electron chi connectivity index (χ1n) is 6.48. The predicted octanol–water partition coefficient (Wildman–Crippen LogP) is 3.68. The number of benzene rings is 1. The zero-order valence-electron chi connectivity index (χ0n) is 11.2. The van der Waals surface area contributed by atoms with Crippen molar-refractivity contribution in [3.63, 3.8) is 0 Å². The van der Waals surface area contributed by atoms with E-state index in [2.05, 4.69) is 11.3 Å². The minimum absolute atomic E-state index is 0.0388. The van der Waals surface area contributed by atoms with Gasteiger partial charge in [-0.15, -0.1) is 0 Å². The van der Waals surface area contributed by atoms with E-state index in [0.29, 0.717) is 18.5 Å². The normalized spacial score (nSPS) is 12.6. The molecule has 1 heterocycles. The predicted molar refractivity (Wildman–Crippen MR) is 75.9 cm³/mol. The fourth-order valence-electron chi connectivity index (χ4n) is 2.13. The summed E-state index contributed by atoms with van der Waals surface area (Å²) in [6.07, 6.45) is 1.37. The van der Waals surface area contributed by atoms with Crippen molar-refractivity contribution in [2.24, 2.45) is 0 Å². The minimum atomic E-state index is -0.0799. The molecule has 0 fully saturated rings. The molecular formula is C15H18FNOS. The van der Waals surface area contributed by atoms with Gasteiger partial charge in [0.15, 0.2) is 0 Å². The third-order valence-electron chi connectivity index (χ3n) is 3.29. The maximum absolute atomic E-state index is 14.2. The van der Waals surface area contributed by atoms with Gasteiger partial charge in [-0.05, 0) is 47.5 Å². The summed E-state index contributed by atoms with van der Waals surface area (Å²) >= 11 is 1.38. The maximum atomic E-state index is 14.2. The highest BCUT2D eigenvalue weighted by Gasteiger charge is 2.14. The lowest BCUT2D eigenvalue weighted by atomic mass is 9.97. The Bertz CT molecular complexity index is 553. The number of hydrogen-bond donors (Lipinski definition) is 1. The van der Waals surface area contributed by atoms with Gasteiger partial charge in [-0.3, -0.25) is 0 Å². The third-order valence-corrected chi connectivity index (χ3v) is 4.35. The quantitative estimate of drug-likeness (QED) is 0.905. The number of rotatable bonds is 5. The van der Waals surface area contributed by atoms with E-state index in [4.69, 9.17) is 5.11 Å². The van der Waals surface area contributed by atoms with Gasteiger partial charge in [-0.25, -0.2) is 4.39 Å². The second-order valence-electron chi connectivity index (χ2n) is 4.73. The molecule has 2 nitrogen and oxygen atoms in total. The Kier molecular flexibility index (Phi) is 4.66. The summed E-state index contributed by atoms with van der Waals surface area (Å²) in [5, 5.41) is 9.02. The number of aromatic nitrogens is 1. The zero-order chi connectivity index (χ0) is 13.8. The smallest absolute Gasteiger partial charge is 0.129 e. The van der Waals surface area contributed by atoms with E-state index >= 15 is 0 Å².